The van der Waals surface area contributed by atoms with Gasteiger partial charge in [-0.2, -0.15) is 0 Å². The van der Waals surface area contributed by atoms with Gasteiger partial charge in [-0.15, -0.1) is 0 Å². The van der Waals surface area contributed by atoms with Crippen LogP contribution in [0.1, 0.15) is 42.1 Å². The van der Waals surface area contributed by atoms with E-state index < -0.39 is 11.9 Å². The first kappa shape index (κ1) is 22.6. The number of para-hydroxylation sites is 1. The Kier molecular flexibility index (Phi) is 5.90. The molecule has 34 heavy (non-hydrogen) atoms. The van der Waals surface area contributed by atoms with Crippen LogP contribution in [0.4, 0.5) is 4.39 Å². The molecule has 2 heterocycles. The maximum Gasteiger partial charge on any atom is 0.243 e. The molecular formula is C26H25ClFN3O3. The van der Waals surface area contributed by atoms with Gasteiger partial charge in [-0.1, -0.05) is 41.9 Å². The van der Waals surface area contributed by atoms with Gasteiger partial charge in [-0.05, 0) is 44.2 Å². The van der Waals surface area contributed by atoms with Crippen molar-refractivity contribution in [1.29, 1.82) is 0 Å². The van der Waals surface area contributed by atoms with E-state index in [0.29, 0.717) is 11.1 Å². The fourth-order valence-corrected chi connectivity index (χ4v) is 5.74. The number of hydrogen-bond donors (Lipinski definition) is 1. The van der Waals surface area contributed by atoms with Crippen molar-refractivity contribution in [1.82, 2.24) is 14.8 Å². The highest BCUT2D eigenvalue weighted by Gasteiger charge is 2.51. The fourth-order valence-electron chi connectivity index (χ4n) is 5.54. The molecule has 1 saturated carbocycles. The minimum absolute atomic E-state index is 0.00531. The molecule has 2 aromatic carbocycles. The molecule has 1 aliphatic heterocycles. The highest BCUT2D eigenvalue weighted by Crippen LogP contribution is 2.43. The molecule has 2 fully saturated rings. The molecule has 1 N–H and O–H groups in total. The first-order valence-electron chi connectivity index (χ1n) is 11.5. The predicted molar refractivity (Wildman–Crippen MR) is 127 cm³/mol. The first-order valence-corrected chi connectivity index (χ1v) is 11.8. The average molecular weight is 482 g/mol. The van der Waals surface area contributed by atoms with Gasteiger partial charge in [0.05, 0.1) is 5.02 Å². The minimum atomic E-state index is -0.581. The molecular weight excluding hydrogens is 457 g/mol. The predicted octanol–water partition coefficient (Wildman–Crippen LogP) is 4.33. The standard InChI is InChI=1S/C26H25ClFN3O3/c1-15(32)20-13-30(22-8-3-2-6-19(20)22)14-23(33)31-18-10-9-16(11-18)25(31)26(34)29-12-17-5-4-7-21(27)24(17)28/h2-8,13,16,18,25H,9-12,14H2,1H3,(H,29,34)/t16-,18+,25-/m0/s1. The second-order valence-electron chi connectivity index (χ2n) is 9.15. The van der Waals surface area contributed by atoms with Crippen molar-refractivity contribution in [2.75, 3.05) is 0 Å². The molecule has 8 heteroatoms. The lowest BCUT2D eigenvalue weighted by atomic mass is 9.97. The number of carbonyl (C=O) groups is 3. The van der Waals surface area contributed by atoms with Crippen LogP contribution in [0.5, 0.6) is 0 Å². The fraction of sp³-hybridized carbons (Fsp3) is 0.346. The van der Waals surface area contributed by atoms with Crippen molar-refractivity contribution < 1.29 is 18.8 Å². The summed E-state index contributed by atoms with van der Waals surface area (Å²) in [5, 5.41) is 3.62. The zero-order chi connectivity index (χ0) is 24.0. The Bertz CT molecular complexity index is 1300. The van der Waals surface area contributed by atoms with Gasteiger partial charge < -0.3 is 14.8 Å². The number of amides is 2. The Morgan fingerprint density at radius 3 is 2.71 bits per heavy atom. The normalized spacial score (nSPS) is 21.3. The molecule has 6 nitrogen and oxygen atoms in total. The molecule has 2 amide bonds. The molecule has 3 atom stereocenters. The Hall–Kier alpha value is -3.19. The topological polar surface area (TPSA) is 71.4 Å². The van der Waals surface area contributed by atoms with Crippen molar-refractivity contribution in [2.45, 2.75) is 51.4 Å². The van der Waals surface area contributed by atoms with Gasteiger partial charge in [0.2, 0.25) is 11.8 Å². The molecule has 0 radical (unpaired) electrons. The highest BCUT2D eigenvalue weighted by molar-refractivity contribution is 6.30. The van der Waals surface area contributed by atoms with Crippen LogP contribution in [0.25, 0.3) is 10.9 Å². The SMILES string of the molecule is CC(=O)c1cn(CC(=O)N2[C@@H]3CC[C@@H](C3)[C@H]2C(=O)NCc2cccc(Cl)c2F)c2ccccc12. The number of likely N-dealkylation sites (tertiary alicyclic amines) is 1. The summed E-state index contributed by atoms with van der Waals surface area (Å²) in [7, 11) is 0. The third-order valence-corrected chi connectivity index (χ3v) is 7.39. The summed E-state index contributed by atoms with van der Waals surface area (Å²) in [5.41, 5.74) is 1.68. The molecule has 3 aromatic rings. The largest absolute Gasteiger partial charge is 0.350 e. The van der Waals surface area contributed by atoms with Gasteiger partial charge in [0.15, 0.2) is 5.78 Å². The number of halogens is 2. The Morgan fingerprint density at radius 1 is 1.12 bits per heavy atom. The zero-order valence-corrected chi connectivity index (χ0v) is 19.5. The number of Topliss-reactive ketones (excluding diaryl/α,β-unsaturated/α-hetero) is 1. The number of rotatable bonds is 6. The van der Waals surface area contributed by atoms with Crippen LogP contribution in [0.15, 0.2) is 48.7 Å². The summed E-state index contributed by atoms with van der Waals surface area (Å²) in [4.78, 5) is 40.4. The second-order valence-corrected chi connectivity index (χ2v) is 9.55. The van der Waals surface area contributed by atoms with Crippen molar-refractivity contribution in [3.05, 3.63) is 70.6 Å². The molecule has 0 spiro atoms. The van der Waals surface area contributed by atoms with Gasteiger partial charge in [0, 0.05) is 40.8 Å². The van der Waals surface area contributed by atoms with Gasteiger partial charge in [0.25, 0.3) is 0 Å². The quantitative estimate of drug-likeness (QED) is 0.533. The monoisotopic (exact) mass is 481 g/mol. The summed E-state index contributed by atoms with van der Waals surface area (Å²) in [6, 6.07) is 11.6. The third-order valence-electron chi connectivity index (χ3n) is 7.10. The number of hydrogen-bond acceptors (Lipinski definition) is 3. The van der Waals surface area contributed by atoms with E-state index in [-0.39, 0.29) is 47.7 Å². The molecule has 176 valence electrons. The molecule has 1 aliphatic carbocycles. The van der Waals surface area contributed by atoms with Gasteiger partial charge in [0.1, 0.15) is 18.4 Å². The van der Waals surface area contributed by atoms with Crippen LogP contribution >= 0.6 is 11.6 Å². The minimum Gasteiger partial charge on any atom is -0.350 e. The first-order chi connectivity index (χ1) is 16.3. The number of ketones is 1. The lowest BCUT2D eigenvalue weighted by molar-refractivity contribution is -0.143. The second kappa shape index (κ2) is 8.87. The van der Waals surface area contributed by atoms with E-state index in [4.69, 9.17) is 11.6 Å². The van der Waals surface area contributed by atoms with Gasteiger partial charge >= 0.3 is 0 Å². The van der Waals surface area contributed by atoms with Crippen LogP contribution in [-0.2, 0) is 22.7 Å². The van der Waals surface area contributed by atoms with E-state index in [2.05, 4.69) is 5.32 Å². The average Bonchev–Trinajstić information content (AvgIpc) is 3.53. The number of piperidine rings is 1. The Morgan fingerprint density at radius 2 is 1.91 bits per heavy atom. The van der Waals surface area contributed by atoms with E-state index in [1.807, 2.05) is 24.3 Å². The molecule has 2 aliphatic rings. The van der Waals surface area contributed by atoms with E-state index in [1.165, 1.54) is 13.0 Å². The zero-order valence-electron chi connectivity index (χ0n) is 18.8. The number of fused-ring (bicyclic) bond motifs is 3. The number of carbonyl (C=O) groups excluding carboxylic acids is 3. The lowest BCUT2D eigenvalue weighted by Gasteiger charge is -2.34. The van der Waals surface area contributed by atoms with Crippen molar-refractivity contribution in [3.63, 3.8) is 0 Å². The lowest BCUT2D eigenvalue weighted by Crippen LogP contribution is -2.53. The van der Waals surface area contributed by atoms with E-state index in [1.54, 1.807) is 27.8 Å². The number of nitrogens with one attached hydrogen (secondary N) is 1. The number of aromatic nitrogens is 1. The summed E-state index contributed by atoms with van der Waals surface area (Å²) in [6.45, 7) is 1.56. The summed E-state index contributed by atoms with van der Waals surface area (Å²) < 4.78 is 16.0. The van der Waals surface area contributed by atoms with Gasteiger partial charge in [-0.3, -0.25) is 14.4 Å². The number of nitrogens with zero attached hydrogens (tertiary/aromatic N) is 2. The van der Waals surface area contributed by atoms with Crippen LogP contribution in [0.3, 0.4) is 0 Å². The van der Waals surface area contributed by atoms with Crippen LogP contribution in [0, 0.1) is 11.7 Å². The Labute approximate surface area is 201 Å². The smallest absolute Gasteiger partial charge is 0.243 e. The van der Waals surface area contributed by atoms with E-state index in [9.17, 15) is 18.8 Å². The van der Waals surface area contributed by atoms with Crippen LogP contribution in [0.2, 0.25) is 5.02 Å². The molecule has 5 rings (SSSR count). The molecule has 1 aromatic heterocycles. The maximum atomic E-state index is 14.2. The molecule has 2 bridgehead atoms. The Balaban J connectivity index is 1.36. The van der Waals surface area contributed by atoms with E-state index >= 15 is 0 Å². The van der Waals surface area contributed by atoms with E-state index in [0.717, 1.165) is 30.2 Å². The summed E-state index contributed by atoms with van der Waals surface area (Å²) >= 11 is 5.85. The van der Waals surface area contributed by atoms with Crippen LogP contribution < -0.4 is 5.32 Å². The maximum absolute atomic E-state index is 14.2. The molecule has 1 saturated heterocycles. The number of benzene rings is 2. The van der Waals surface area contributed by atoms with Crippen molar-refractivity contribution >= 4 is 40.1 Å². The van der Waals surface area contributed by atoms with Crippen LogP contribution in [-0.4, -0.2) is 39.1 Å². The third kappa shape index (κ3) is 3.88. The highest BCUT2D eigenvalue weighted by atomic mass is 35.5. The van der Waals surface area contributed by atoms with Crippen molar-refractivity contribution in [3.8, 4) is 0 Å². The summed E-state index contributed by atoms with van der Waals surface area (Å²) in [6.07, 6.45) is 4.27. The van der Waals surface area contributed by atoms with Gasteiger partial charge in [-0.25, -0.2) is 4.39 Å². The summed E-state index contributed by atoms with van der Waals surface area (Å²) in [5.74, 6) is -0.953. The van der Waals surface area contributed by atoms with Crippen molar-refractivity contribution in [2.24, 2.45) is 5.92 Å². The molecule has 0 unspecified atom stereocenters.